The van der Waals surface area contributed by atoms with Crippen molar-refractivity contribution in [2.45, 2.75) is 25.2 Å². The van der Waals surface area contributed by atoms with E-state index in [0.717, 1.165) is 37.2 Å². The summed E-state index contributed by atoms with van der Waals surface area (Å²) >= 11 is 0. The molecule has 1 aliphatic heterocycles. The molecular weight excluding hydrogens is 230 g/mol. The normalized spacial score (nSPS) is 17.9. The fourth-order valence-corrected chi connectivity index (χ4v) is 2.59. The molecule has 0 spiro atoms. The van der Waals surface area contributed by atoms with Crippen LogP contribution in [0.3, 0.4) is 0 Å². The number of aromatic nitrogens is 1. The van der Waals surface area contributed by atoms with Crippen LogP contribution in [0.5, 0.6) is 0 Å². The standard InChI is InChI=1S/C14H17NO3/c1-10-15-12-7-11(3-4-13(12)18-10)14(5-2-6-16)8-17-9-14/h3-4,7,16H,2,5-6,8-9H2,1H3. The smallest absolute Gasteiger partial charge is 0.192 e. The zero-order valence-corrected chi connectivity index (χ0v) is 10.5. The maximum Gasteiger partial charge on any atom is 0.192 e. The number of oxazole rings is 1. The number of ether oxygens (including phenoxy) is 1. The van der Waals surface area contributed by atoms with Gasteiger partial charge in [0.2, 0.25) is 0 Å². The third kappa shape index (κ3) is 1.82. The molecule has 2 aromatic rings. The Hall–Kier alpha value is -1.39. The highest BCUT2D eigenvalue weighted by Crippen LogP contribution is 2.37. The van der Waals surface area contributed by atoms with E-state index in [0.29, 0.717) is 5.89 Å². The molecule has 0 atom stereocenters. The van der Waals surface area contributed by atoms with Gasteiger partial charge in [0.25, 0.3) is 0 Å². The molecule has 0 unspecified atom stereocenters. The molecule has 1 aromatic heterocycles. The van der Waals surface area contributed by atoms with E-state index in [-0.39, 0.29) is 12.0 Å². The molecule has 1 saturated heterocycles. The maximum atomic E-state index is 9.00. The van der Waals surface area contributed by atoms with Crippen LogP contribution in [0.4, 0.5) is 0 Å². The monoisotopic (exact) mass is 247 g/mol. The van der Waals surface area contributed by atoms with Gasteiger partial charge in [-0.1, -0.05) is 6.07 Å². The van der Waals surface area contributed by atoms with Crippen molar-refractivity contribution in [3.05, 3.63) is 29.7 Å². The minimum atomic E-state index is 0.0593. The summed E-state index contributed by atoms with van der Waals surface area (Å²) in [6.45, 7) is 3.55. The molecule has 4 nitrogen and oxygen atoms in total. The van der Waals surface area contributed by atoms with E-state index in [1.54, 1.807) is 0 Å². The summed E-state index contributed by atoms with van der Waals surface area (Å²) in [6.07, 6.45) is 1.76. The summed E-state index contributed by atoms with van der Waals surface area (Å²) in [5.41, 5.74) is 3.03. The maximum absolute atomic E-state index is 9.00. The summed E-state index contributed by atoms with van der Waals surface area (Å²) in [7, 11) is 0. The van der Waals surface area contributed by atoms with Crippen LogP contribution in [0.1, 0.15) is 24.3 Å². The number of benzene rings is 1. The molecule has 0 saturated carbocycles. The fraction of sp³-hybridized carbons (Fsp3) is 0.500. The molecule has 2 heterocycles. The molecule has 1 aromatic carbocycles. The van der Waals surface area contributed by atoms with E-state index in [1.807, 2.05) is 13.0 Å². The first kappa shape index (κ1) is 11.7. The van der Waals surface area contributed by atoms with E-state index < -0.39 is 0 Å². The largest absolute Gasteiger partial charge is 0.441 e. The van der Waals surface area contributed by atoms with Crippen LogP contribution in [0, 0.1) is 6.92 Å². The fourth-order valence-electron chi connectivity index (χ4n) is 2.59. The Morgan fingerprint density at radius 1 is 1.39 bits per heavy atom. The number of aliphatic hydroxyl groups excluding tert-OH is 1. The summed E-state index contributed by atoms with van der Waals surface area (Å²) in [4.78, 5) is 4.37. The molecule has 0 amide bonds. The van der Waals surface area contributed by atoms with Gasteiger partial charge in [-0.2, -0.15) is 0 Å². The van der Waals surface area contributed by atoms with E-state index in [9.17, 15) is 0 Å². The van der Waals surface area contributed by atoms with Gasteiger partial charge in [-0.3, -0.25) is 0 Å². The van der Waals surface area contributed by atoms with Crippen LogP contribution < -0.4 is 0 Å². The van der Waals surface area contributed by atoms with Gasteiger partial charge in [-0.05, 0) is 30.5 Å². The van der Waals surface area contributed by atoms with E-state index in [4.69, 9.17) is 14.3 Å². The summed E-state index contributed by atoms with van der Waals surface area (Å²) in [5, 5.41) is 9.00. The average molecular weight is 247 g/mol. The number of hydrogen-bond acceptors (Lipinski definition) is 4. The van der Waals surface area contributed by atoms with Crippen LogP contribution in [0.25, 0.3) is 11.1 Å². The van der Waals surface area contributed by atoms with Crippen molar-refractivity contribution in [1.82, 2.24) is 4.98 Å². The predicted octanol–water partition coefficient (Wildman–Crippen LogP) is 2.18. The number of hydrogen-bond donors (Lipinski definition) is 1. The van der Waals surface area contributed by atoms with Crippen LogP contribution >= 0.6 is 0 Å². The van der Waals surface area contributed by atoms with Gasteiger partial charge in [0, 0.05) is 18.9 Å². The highest BCUT2D eigenvalue weighted by atomic mass is 16.5. The second-order valence-corrected chi connectivity index (χ2v) is 5.02. The van der Waals surface area contributed by atoms with Crippen LogP contribution in [0.15, 0.2) is 22.6 Å². The van der Waals surface area contributed by atoms with Crippen molar-refractivity contribution in [3.63, 3.8) is 0 Å². The van der Waals surface area contributed by atoms with Crippen molar-refractivity contribution in [3.8, 4) is 0 Å². The van der Waals surface area contributed by atoms with Gasteiger partial charge in [-0.25, -0.2) is 4.98 Å². The van der Waals surface area contributed by atoms with Gasteiger partial charge in [0.1, 0.15) is 5.52 Å². The van der Waals surface area contributed by atoms with Gasteiger partial charge < -0.3 is 14.3 Å². The van der Waals surface area contributed by atoms with Crippen molar-refractivity contribution in [1.29, 1.82) is 0 Å². The second-order valence-electron chi connectivity index (χ2n) is 5.02. The lowest BCUT2D eigenvalue weighted by Crippen LogP contribution is -2.46. The Labute approximate surface area is 106 Å². The second kappa shape index (κ2) is 4.37. The predicted molar refractivity (Wildman–Crippen MR) is 67.6 cm³/mol. The quantitative estimate of drug-likeness (QED) is 0.899. The average Bonchev–Trinajstić information content (AvgIpc) is 2.67. The third-order valence-electron chi connectivity index (χ3n) is 3.68. The Morgan fingerprint density at radius 2 is 2.22 bits per heavy atom. The van der Waals surface area contributed by atoms with Crippen molar-refractivity contribution >= 4 is 11.1 Å². The topological polar surface area (TPSA) is 55.5 Å². The van der Waals surface area contributed by atoms with E-state index >= 15 is 0 Å². The molecule has 4 heteroatoms. The number of rotatable bonds is 4. The van der Waals surface area contributed by atoms with Crippen LogP contribution in [0.2, 0.25) is 0 Å². The van der Waals surface area contributed by atoms with Gasteiger partial charge >= 0.3 is 0 Å². The molecule has 0 aliphatic carbocycles. The molecule has 96 valence electrons. The van der Waals surface area contributed by atoms with Crippen LogP contribution in [-0.2, 0) is 10.2 Å². The Morgan fingerprint density at radius 3 is 2.89 bits per heavy atom. The molecular formula is C14H17NO3. The lowest BCUT2D eigenvalue weighted by molar-refractivity contribution is -0.0664. The summed E-state index contributed by atoms with van der Waals surface area (Å²) < 4.78 is 10.9. The van der Waals surface area contributed by atoms with Crippen molar-refractivity contribution in [2.24, 2.45) is 0 Å². The first-order valence-electron chi connectivity index (χ1n) is 6.30. The van der Waals surface area contributed by atoms with Gasteiger partial charge in [0.05, 0.1) is 13.2 Å². The Balaban J connectivity index is 1.96. The zero-order chi connectivity index (χ0) is 12.6. The number of nitrogens with zero attached hydrogens (tertiary/aromatic N) is 1. The zero-order valence-electron chi connectivity index (χ0n) is 10.5. The van der Waals surface area contributed by atoms with Crippen molar-refractivity contribution < 1.29 is 14.3 Å². The summed E-state index contributed by atoms with van der Waals surface area (Å²) in [5.74, 6) is 0.691. The van der Waals surface area contributed by atoms with Crippen molar-refractivity contribution in [2.75, 3.05) is 19.8 Å². The first-order valence-corrected chi connectivity index (χ1v) is 6.30. The van der Waals surface area contributed by atoms with Crippen LogP contribution in [-0.4, -0.2) is 29.9 Å². The number of aliphatic hydroxyl groups is 1. The SMILES string of the molecule is Cc1nc2cc(C3(CCCO)COC3)ccc2o1. The highest BCUT2D eigenvalue weighted by Gasteiger charge is 2.39. The van der Waals surface area contributed by atoms with E-state index in [1.165, 1.54) is 5.56 Å². The minimum Gasteiger partial charge on any atom is -0.441 e. The highest BCUT2D eigenvalue weighted by molar-refractivity contribution is 5.74. The van der Waals surface area contributed by atoms with Gasteiger partial charge in [0.15, 0.2) is 11.5 Å². The molecule has 1 aliphatic rings. The number of fused-ring (bicyclic) bond motifs is 1. The Bertz CT molecular complexity index is 557. The molecule has 3 rings (SSSR count). The minimum absolute atomic E-state index is 0.0593. The summed E-state index contributed by atoms with van der Waals surface area (Å²) in [6, 6.07) is 6.16. The lowest BCUT2D eigenvalue weighted by Gasteiger charge is -2.42. The van der Waals surface area contributed by atoms with E-state index in [2.05, 4.69) is 17.1 Å². The lowest BCUT2D eigenvalue weighted by atomic mass is 9.75. The van der Waals surface area contributed by atoms with Gasteiger partial charge in [-0.15, -0.1) is 0 Å². The molecule has 0 radical (unpaired) electrons. The Kier molecular flexibility index (Phi) is 2.84. The molecule has 18 heavy (non-hydrogen) atoms. The molecule has 1 fully saturated rings. The first-order chi connectivity index (χ1) is 8.73. The molecule has 1 N–H and O–H groups in total. The third-order valence-corrected chi connectivity index (χ3v) is 3.68. The molecule has 0 bridgehead atoms. The number of aryl methyl sites for hydroxylation is 1.